The van der Waals surface area contributed by atoms with E-state index in [-0.39, 0.29) is 13.0 Å². The molecule has 0 saturated carbocycles. The molecule has 0 fully saturated rings. The minimum Gasteiger partial charge on any atom is -0.487 e. The lowest BCUT2D eigenvalue weighted by Gasteiger charge is -2.11. The maximum atomic E-state index is 10.9. The Kier molecular flexibility index (Phi) is 7.99. The van der Waals surface area contributed by atoms with Crippen molar-refractivity contribution in [3.63, 3.8) is 0 Å². The minimum absolute atomic E-state index is 0.0648. The number of nitrogens with zero attached hydrogens (tertiary/aromatic N) is 2. The second kappa shape index (κ2) is 11.3. The highest BCUT2D eigenvalue weighted by atomic mass is 16.6. The van der Waals surface area contributed by atoms with Crippen molar-refractivity contribution < 1.29 is 24.2 Å². The number of carboxylic acid groups (broad SMARTS) is 1. The molecule has 0 unspecified atom stereocenters. The Morgan fingerprint density at radius 2 is 1.87 bits per heavy atom. The van der Waals surface area contributed by atoms with Gasteiger partial charge in [-0.3, -0.25) is 4.79 Å². The molecule has 0 spiro atoms. The summed E-state index contributed by atoms with van der Waals surface area (Å²) in [4.78, 5) is 20.5. The highest BCUT2D eigenvalue weighted by Gasteiger charge is 2.10. The fourth-order valence-corrected chi connectivity index (χ4v) is 2.72. The van der Waals surface area contributed by atoms with Crippen molar-refractivity contribution in [1.82, 2.24) is 4.98 Å². The monoisotopic (exact) mass is 420 g/mol. The van der Waals surface area contributed by atoms with Crippen molar-refractivity contribution in [2.24, 2.45) is 5.16 Å². The van der Waals surface area contributed by atoms with Gasteiger partial charge in [-0.15, -0.1) is 0 Å². The van der Waals surface area contributed by atoms with E-state index in [0.717, 1.165) is 12.0 Å². The van der Waals surface area contributed by atoms with Crippen LogP contribution in [0.3, 0.4) is 0 Å². The molecule has 2 aromatic carbocycles. The van der Waals surface area contributed by atoms with Crippen molar-refractivity contribution in [2.45, 2.75) is 19.8 Å². The van der Waals surface area contributed by atoms with E-state index in [0.29, 0.717) is 35.3 Å². The molecule has 7 heteroatoms. The summed E-state index contributed by atoms with van der Waals surface area (Å²) in [6.07, 6.45) is 2.43. The fourth-order valence-electron chi connectivity index (χ4n) is 2.72. The molecule has 0 aliphatic heterocycles. The number of benzene rings is 2. The first-order valence-corrected chi connectivity index (χ1v) is 9.95. The Bertz CT molecular complexity index is 1020. The molecule has 0 amide bonds. The molecule has 160 valence electrons. The summed E-state index contributed by atoms with van der Waals surface area (Å²) >= 11 is 0. The van der Waals surface area contributed by atoms with Crippen LogP contribution in [0, 0.1) is 0 Å². The summed E-state index contributed by atoms with van der Waals surface area (Å²) in [7, 11) is 0. The molecule has 7 nitrogen and oxygen atoms in total. The summed E-state index contributed by atoms with van der Waals surface area (Å²) in [5.41, 5.74) is 2.03. The maximum absolute atomic E-state index is 10.9. The number of aliphatic carboxylic acids is 1. The van der Waals surface area contributed by atoms with Crippen molar-refractivity contribution in [2.75, 3.05) is 13.2 Å². The first kappa shape index (κ1) is 21.8. The van der Waals surface area contributed by atoms with Gasteiger partial charge in [-0.2, -0.15) is 0 Å². The smallest absolute Gasteiger partial charge is 0.307 e. The molecule has 3 aromatic rings. The quantitative estimate of drug-likeness (QED) is 0.274. The van der Waals surface area contributed by atoms with E-state index in [1.165, 1.54) is 0 Å². The highest BCUT2D eigenvalue weighted by molar-refractivity contribution is 6.01. The summed E-state index contributed by atoms with van der Waals surface area (Å²) in [6.45, 7) is 2.63. The van der Waals surface area contributed by atoms with Crippen molar-refractivity contribution >= 4 is 11.7 Å². The lowest BCUT2D eigenvalue weighted by molar-refractivity contribution is -0.136. The Hall–Kier alpha value is -3.87. The van der Waals surface area contributed by atoms with E-state index < -0.39 is 5.97 Å². The van der Waals surface area contributed by atoms with Crippen LogP contribution < -0.4 is 9.47 Å². The third-order valence-corrected chi connectivity index (χ3v) is 4.13. The van der Waals surface area contributed by atoms with Crippen LogP contribution in [0.25, 0.3) is 0 Å². The van der Waals surface area contributed by atoms with Crippen LogP contribution in [0.4, 0.5) is 0 Å². The van der Waals surface area contributed by atoms with Crippen LogP contribution in [-0.4, -0.2) is 35.0 Å². The molecule has 0 aliphatic carbocycles. The number of hydrogen-bond donors (Lipinski definition) is 1. The van der Waals surface area contributed by atoms with Gasteiger partial charge in [0.2, 0.25) is 5.88 Å². The van der Waals surface area contributed by atoms with Crippen molar-refractivity contribution in [3.05, 3.63) is 84.1 Å². The number of ether oxygens (including phenoxy) is 2. The number of oxime groups is 1. The summed E-state index contributed by atoms with van der Waals surface area (Å²) in [5.74, 6) is 0.773. The molecule has 1 heterocycles. The van der Waals surface area contributed by atoms with Gasteiger partial charge in [0, 0.05) is 17.8 Å². The van der Waals surface area contributed by atoms with E-state index in [1.54, 1.807) is 36.5 Å². The second-order valence-corrected chi connectivity index (χ2v) is 6.68. The van der Waals surface area contributed by atoms with E-state index in [9.17, 15) is 4.79 Å². The third kappa shape index (κ3) is 7.15. The van der Waals surface area contributed by atoms with Crippen LogP contribution >= 0.6 is 0 Å². The molecular formula is C24H24N2O5. The van der Waals surface area contributed by atoms with Gasteiger partial charge in [0.05, 0.1) is 6.42 Å². The second-order valence-electron chi connectivity index (χ2n) is 6.68. The number of carbonyl (C=O) groups is 1. The van der Waals surface area contributed by atoms with Crippen molar-refractivity contribution in [1.29, 1.82) is 0 Å². The number of pyridine rings is 1. The Morgan fingerprint density at radius 1 is 1.03 bits per heavy atom. The van der Waals surface area contributed by atoms with Gasteiger partial charge < -0.3 is 19.4 Å². The molecule has 1 aromatic heterocycles. The molecule has 0 aliphatic rings. The Labute approximate surface area is 180 Å². The summed E-state index contributed by atoms with van der Waals surface area (Å²) < 4.78 is 11.7. The average molecular weight is 420 g/mol. The van der Waals surface area contributed by atoms with Crippen molar-refractivity contribution in [3.8, 4) is 17.4 Å². The van der Waals surface area contributed by atoms with Crippen LogP contribution in [0.5, 0.6) is 17.4 Å². The molecule has 0 bridgehead atoms. The number of aromatic nitrogens is 1. The zero-order chi connectivity index (χ0) is 21.9. The number of rotatable bonds is 11. The molecule has 0 saturated heterocycles. The molecular weight excluding hydrogens is 396 g/mol. The Morgan fingerprint density at radius 3 is 2.65 bits per heavy atom. The van der Waals surface area contributed by atoms with Gasteiger partial charge in [0.25, 0.3) is 0 Å². The molecule has 1 N–H and O–H groups in total. The van der Waals surface area contributed by atoms with E-state index in [1.807, 2.05) is 43.3 Å². The largest absolute Gasteiger partial charge is 0.487 e. The predicted molar refractivity (Wildman–Crippen MR) is 117 cm³/mol. The van der Waals surface area contributed by atoms with E-state index in [4.69, 9.17) is 19.4 Å². The summed E-state index contributed by atoms with van der Waals surface area (Å²) in [6, 6.07) is 19.9. The molecule has 31 heavy (non-hydrogen) atoms. The topological polar surface area (TPSA) is 90.2 Å². The lowest BCUT2D eigenvalue weighted by Crippen LogP contribution is -2.14. The van der Waals surface area contributed by atoms with Gasteiger partial charge in [0.1, 0.15) is 30.4 Å². The fraction of sp³-hybridized carbons (Fsp3) is 0.208. The first-order chi connectivity index (χ1) is 15.1. The molecule has 0 radical (unpaired) electrons. The van der Waals surface area contributed by atoms with Crippen LogP contribution in [0.15, 0.2) is 78.1 Å². The standard InChI is InChI=1S/C24H24N2O5/c1-2-13-30-26-22(17-29-20-9-5-7-18(14-20)15-24(27)28)19-8-6-10-21(16-19)31-23-11-3-4-12-25-23/h3-12,14,16H,2,13,15,17H2,1H3,(H,27,28)/b26-22+. The molecule has 3 rings (SSSR count). The minimum atomic E-state index is -0.892. The average Bonchev–Trinajstić information content (AvgIpc) is 2.77. The number of carboxylic acids is 1. The van der Waals surface area contributed by atoms with Crippen LogP contribution in [0.2, 0.25) is 0 Å². The zero-order valence-electron chi connectivity index (χ0n) is 17.2. The molecule has 0 atom stereocenters. The zero-order valence-corrected chi connectivity index (χ0v) is 17.2. The lowest BCUT2D eigenvalue weighted by atomic mass is 10.1. The normalized spacial score (nSPS) is 11.1. The maximum Gasteiger partial charge on any atom is 0.307 e. The Balaban J connectivity index is 1.76. The van der Waals surface area contributed by atoms with E-state index >= 15 is 0 Å². The van der Waals surface area contributed by atoms with Gasteiger partial charge in [-0.25, -0.2) is 4.98 Å². The van der Waals surface area contributed by atoms with Gasteiger partial charge >= 0.3 is 5.97 Å². The third-order valence-electron chi connectivity index (χ3n) is 4.13. The summed E-state index contributed by atoms with van der Waals surface area (Å²) in [5, 5.41) is 13.2. The van der Waals surface area contributed by atoms with Crippen LogP contribution in [0.1, 0.15) is 24.5 Å². The van der Waals surface area contributed by atoms with Gasteiger partial charge in [-0.1, -0.05) is 42.4 Å². The van der Waals surface area contributed by atoms with Gasteiger partial charge in [0.15, 0.2) is 0 Å². The SMILES string of the molecule is CCCO/N=C(\COc1cccc(CC(=O)O)c1)c1cccc(Oc2ccccn2)c1. The predicted octanol–water partition coefficient (Wildman–Crippen LogP) is 4.71. The highest BCUT2D eigenvalue weighted by Crippen LogP contribution is 2.21. The van der Waals surface area contributed by atoms with Crippen LogP contribution in [-0.2, 0) is 16.1 Å². The first-order valence-electron chi connectivity index (χ1n) is 9.95. The van der Waals surface area contributed by atoms with Gasteiger partial charge in [-0.05, 0) is 42.3 Å². The van der Waals surface area contributed by atoms with E-state index in [2.05, 4.69) is 10.1 Å². The number of hydrogen-bond acceptors (Lipinski definition) is 6.